The Balaban J connectivity index is 0.00000208. The molecule has 0 radical (unpaired) electrons. The molecule has 0 spiro atoms. The van der Waals surface area contributed by atoms with Gasteiger partial charge in [-0.1, -0.05) is 18.2 Å². The van der Waals surface area contributed by atoms with Crippen molar-refractivity contribution in [3.8, 4) is 5.75 Å². The molecule has 1 aliphatic rings. The molecule has 130 valence electrons. The van der Waals surface area contributed by atoms with E-state index < -0.39 is 0 Å². The zero-order chi connectivity index (χ0) is 16.2. The Morgan fingerprint density at radius 3 is 2.96 bits per heavy atom. The summed E-state index contributed by atoms with van der Waals surface area (Å²) in [5.41, 5.74) is 8.29. The van der Waals surface area contributed by atoms with Crippen molar-refractivity contribution in [1.29, 1.82) is 0 Å². The summed E-state index contributed by atoms with van der Waals surface area (Å²) in [5.74, 6) is 1.41. The van der Waals surface area contributed by atoms with Gasteiger partial charge in [0.2, 0.25) is 0 Å². The fourth-order valence-electron chi connectivity index (χ4n) is 2.63. The van der Waals surface area contributed by atoms with Gasteiger partial charge in [0.15, 0.2) is 5.96 Å². The minimum atomic E-state index is 0. The van der Waals surface area contributed by atoms with E-state index in [2.05, 4.69) is 28.3 Å². The van der Waals surface area contributed by atoms with E-state index in [1.54, 1.807) is 11.3 Å². The molecule has 24 heavy (non-hydrogen) atoms. The third kappa shape index (κ3) is 4.60. The second-order valence-corrected chi connectivity index (χ2v) is 6.93. The van der Waals surface area contributed by atoms with Gasteiger partial charge in [-0.05, 0) is 19.9 Å². The Labute approximate surface area is 163 Å². The Morgan fingerprint density at radius 2 is 2.21 bits per heavy atom. The first-order chi connectivity index (χ1) is 11.1. The van der Waals surface area contributed by atoms with Gasteiger partial charge in [0, 0.05) is 29.8 Å². The molecule has 1 aromatic heterocycles. The molecule has 1 aliphatic heterocycles. The van der Waals surface area contributed by atoms with E-state index in [0.29, 0.717) is 19.1 Å². The van der Waals surface area contributed by atoms with Gasteiger partial charge >= 0.3 is 0 Å². The first kappa shape index (κ1) is 19.0. The molecule has 1 atom stereocenters. The minimum Gasteiger partial charge on any atom is -0.493 e. The van der Waals surface area contributed by atoms with Crippen LogP contribution < -0.4 is 15.8 Å². The maximum absolute atomic E-state index is 6.04. The number of nitrogens with one attached hydrogen (secondary N) is 1. The lowest BCUT2D eigenvalue weighted by atomic mass is 10.0. The predicted octanol–water partition coefficient (Wildman–Crippen LogP) is 3.35. The first-order valence-electron chi connectivity index (χ1n) is 7.84. The summed E-state index contributed by atoms with van der Waals surface area (Å²) in [6.45, 7) is 5.48. The average Bonchev–Trinajstić information content (AvgIpc) is 2.86. The lowest BCUT2D eigenvalue weighted by Crippen LogP contribution is -2.37. The Kier molecular flexibility index (Phi) is 6.85. The predicted molar refractivity (Wildman–Crippen MR) is 110 cm³/mol. The number of aryl methyl sites for hydroxylation is 2. The van der Waals surface area contributed by atoms with Crippen LogP contribution in [0.3, 0.4) is 0 Å². The van der Waals surface area contributed by atoms with E-state index in [4.69, 9.17) is 10.5 Å². The number of benzene rings is 1. The van der Waals surface area contributed by atoms with Crippen molar-refractivity contribution in [2.75, 3.05) is 13.2 Å². The van der Waals surface area contributed by atoms with Crippen molar-refractivity contribution in [3.63, 3.8) is 0 Å². The van der Waals surface area contributed by atoms with Crippen LogP contribution in [-0.4, -0.2) is 24.1 Å². The molecular weight excluding hydrogens is 435 g/mol. The molecular formula is C17H23IN4OS. The second kappa shape index (κ2) is 8.66. The molecule has 1 unspecified atom stereocenters. The molecule has 3 rings (SSSR count). The van der Waals surface area contributed by atoms with Crippen molar-refractivity contribution in [3.05, 3.63) is 45.4 Å². The van der Waals surface area contributed by atoms with E-state index >= 15 is 0 Å². The molecule has 7 heteroatoms. The van der Waals surface area contributed by atoms with Crippen LogP contribution in [-0.2, 0) is 6.42 Å². The molecule has 0 bridgehead atoms. The van der Waals surface area contributed by atoms with E-state index in [1.165, 1.54) is 4.88 Å². The van der Waals surface area contributed by atoms with E-state index in [9.17, 15) is 0 Å². The number of para-hydroxylation sites is 1. The molecule has 5 nitrogen and oxygen atoms in total. The van der Waals surface area contributed by atoms with Crippen LogP contribution in [0.5, 0.6) is 5.75 Å². The van der Waals surface area contributed by atoms with Crippen LogP contribution in [0, 0.1) is 13.8 Å². The van der Waals surface area contributed by atoms with Gasteiger partial charge in [0.1, 0.15) is 5.75 Å². The van der Waals surface area contributed by atoms with Crippen molar-refractivity contribution in [1.82, 2.24) is 10.3 Å². The Bertz CT molecular complexity index is 697. The van der Waals surface area contributed by atoms with Crippen LogP contribution in [0.4, 0.5) is 0 Å². The molecule has 3 N–H and O–H groups in total. The number of thiazole rings is 1. The number of nitrogens with zero attached hydrogens (tertiary/aromatic N) is 2. The molecule has 1 aromatic carbocycles. The summed E-state index contributed by atoms with van der Waals surface area (Å²) >= 11 is 1.73. The van der Waals surface area contributed by atoms with E-state index in [0.717, 1.165) is 34.9 Å². The maximum atomic E-state index is 6.04. The largest absolute Gasteiger partial charge is 0.493 e. The molecule has 0 fully saturated rings. The average molecular weight is 458 g/mol. The highest BCUT2D eigenvalue weighted by molar-refractivity contribution is 14.0. The number of fused-ring (bicyclic) bond motifs is 1. The second-order valence-electron chi connectivity index (χ2n) is 5.64. The number of guanidine groups is 1. The van der Waals surface area contributed by atoms with Gasteiger partial charge in [0.05, 0.1) is 23.4 Å². The molecule has 0 aliphatic carbocycles. The number of aromatic nitrogens is 1. The molecule has 0 saturated heterocycles. The number of ether oxygens (including phenoxy) is 1. The van der Waals surface area contributed by atoms with Gasteiger partial charge in [-0.3, -0.25) is 4.99 Å². The summed E-state index contributed by atoms with van der Waals surface area (Å²) in [4.78, 5) is 10.2. The quantitative estimate of drug-likeness (QED) is 0.419. The highest BCUT2D eigenvalue weighted by Crippen LogP contribution is 2.31. The van der Waals surface area contributed by atoms with Crippen LogP contribution in [0.2, 0.25) is 0 Å². The number of nitrogens with two attached hydrogens (primary N) is 1. The monoisotopic (exact) mass is 458 g/mol. The van der Waals surface area contributed by atoms with Crippen LogP contribution in [0.25, 0.3) is 0 Å². The normalized spacial score (nSPS) is 16.8. The molecule has 2 heterocycles. The number of aliphatic imine (C=N–C) groups is 1. The van der Waals surface area contributed by atoms with Crippen molar-refractivity contribution < 1.29 is 4.74 Å². The van der Waals surface area contributed by atoms with Gasteiger partial charge in [0.25, 0.3) is 0 Å². The summed E-state index contributed by atoms with van der Waals surface area (Å²) in [6, 6.07) is 8.22. The maximum Gasteiger partial charge on any atom is 0.189 e. The smallest absolute Gasteiger partial charge is 0.189 e. The third-order valence-electron chi connectivity index (χ3n) is 3.96. The van der Waals surface area contributed by atoms with E-state index in [1.807, 2.05) is 25.1 Å². The zero-order valence-electron chi connectivity index (χ0n) is 13.9. The molecule has 0 saturated carbocycles. The number of rotatable bonds is 4. The number of halogens is 1. The highest BCUT2D eigenvalue weighted by atomic mass is 127. The lowest BCUT2D eigenvalue weighted by Gasteiger charge is -2.26. The van der Waals surface area contributed by atoms with Crippen molar-refractivity contribution >= 4 is 41.3 Å². The SMILES string of the molecule is Cc1nc(CCN=C(N)NC2CCOc3ccccc32)sc1C.I. The van der Waals surface area contributed by atoms with Gasteiger partial charge in [-0.15, -0.1) is 35.3 Å². The topological polar surface area (TPSA) is 72.5 Å². The van der Waals surface area contributed by atoms with Gasteiger partial charge in [-0.25, -0.2) is 4.98 Å². The van der Waals surface area contributed by atoms with Gasteiger partial charge in [-0.2, -0.15) is 0 Å². The Hall–Kier alpha value is -1.35. The Morgan fingerprint density at radius 1 is 1.42 bits per heavy atom. The third-order valence-corrected chi connectivity index (χ3v) is 5.09. The lowest BCUT2D eigenvalue weighted by molar-refractivity contribution is 0.262. The van der Waals surface area contributed by atoms with Crippen molar-refractivity contribution in [2.24, 2.45) is 10.7 Å². The minimum absolute atomic E-state index is 0. The summed E-state index contributed by atoms with van der Waals surface area (Å²) in [5, 5.41) is 4.43. The number of hydrogen-bond acceptors (Lipinski definition) is 4. The highest BCUT2D eigenvalue weighted by Gasteiger charge is 2.21. The van der Waals surface area contributed by atoms with Crippen LogP contribution >= 0.6 is 35.3 Å². The summed E-state index contributed by atoms with van der Waals surface area (Å²) in [6.07, 6.45) is 1.71. The van der Waals surface area contributed by atoms with Crippen molar-refractivity contribution in [2.45, 2.75) is 32.7 Å². The fourth-order valence-corrected chi connectivity index (χ4v) is 3.56. The first-order valence-corrected chi connectivity index (χ1v) is 8.66. The molecule has 2 aromatic rings. The summed E-state index contributed by atoms with van der Waals surface area (Å²) in [7, 11) is 0. The standard InChI is InChI=1S/C17H22N4OS.HI/c1-11-12(2)23-16(20-11)7-9-19-17(18)21-14-8-10-22-15-6-4-3-5-13(14)15;/h3-6,14H,7-10H2,1-2H3,(H3,18,19,21);1H. The van der Waals surface area contributed by atoms with Gasteiger partial charge < -0.3 is 15.8 Å². The van der Waals surface area contributed by atoms with Crippen LogP contribution in [0.1, 0.15) is 33.6 Å². The molecule has 0 amide bonds. The fraction of sp³-hybridized carbons (Fsp3) is 0.412. The zero-order valence-corrected chi connectivity index (χ0v) is 17.1. The summed E-state index contributed by atoms with van der Waals surface area (Å²) < 4.78 is 5.66. The number of hydrogen-bond donors (Lipinski definition) is 2. The van der Waals surface area contributed by atoms with E-state index in [-0.39, 0.29) is 30.0 Å². The van der Waals surface area contributed by atoms with Crippen LogP contribution in [0.15, 0.2) is 29.3 Å².